The van der Waals surface area contributed by atoms with Crippen molar-refractivity contribution < 1.29 is 28.6 Å². The maximum Gasteiger partial charge on any atom is 0.305 e. The highest BCUT2D eigenvalue weighted by molar-refractivity contribution is 5.69. The van der Waals surface area contributed by atoms with Gasteiger partial charge in [0, 0.05) is 37.6 Å². The van der Waals surface area contributed by atoms with E-state index in [9.17, 15) is 14.4 Å². The third-order valence-corrected chi connectivity index (χ3v) is 11.2. The van der Waals surface area contributed by atoms with Gasteiger partial charge in [0.25, 0.3) is 0 Å². The van der Waals surface area contributed by atoms with E-state index < -0.39 is 0 Å². The summed E-state index contributed by atoms with van der Waals surface area (Å²) in [4.78, 5) is 36.5. The minimum absolute atomic E-state index is 0.103. The third kappa shape index (κ3) is 4.69. The predicted octanol–water partition coefficient (Wildman–Crippen LogP) is 4.65. The molecule has 7 nitrogen and oxygen atoms in total. The van der Waals surface area contributed by atoms with Crippen molar-refractivity contribution in [1.29, 1.82) is 0 Å². The lowest BCUT2D eigenvalue weighted by Crippen LogP contribution is -2.63. The first kappa shape index (κ1) is 27.4. The van der Waals surface area contributed by atoms with Gasteiger partial charge in [-0.2, -0.15) is 0 Å². The first-order valence-corrected chi connectivity index (χ1v) is 14.1. The van der Waals surface area contributed by atoms with Crippen molar-refractivity contribution in [2.45, 2.75) is 111 Å². The van der Waals surface area contributed by atoms with Crippen molar-refractivity contribution in [2.75, 3.05) is 7.11 Å². The SMILES string of the molecule is COC(=O)CC[C@@H](C)[C@H]1CC[C@H]2C3C(C[C@H](OC(C)=O)[C@]12C)[C@@]1(C)CC[C@H](N)C[C@H]1C[C@H]3OC(C)=O. The molecule has 0 aliphatic heterocycles. The van der Waals surface area contributed by atoms with Gasteiger partial charge in [0.2, 0.25) is 0 Å². The van der Waals surface area contributed by atoms with Crippen molar-refractivity contribution in [1.82, 2.24) is 0 Å². The molecule has 0 aromatic rings. The maximum absolute atomic E-state index is 12.4. The summed E-state index contributed by atoms with van der Waals surface area (Å²) in [6.45, 7) is 9.99. The Labute approximate surface area is 216 Å². The molecule has 0 aromatic heterocycles. The Balaban J connectivity index is 1.71. The number of methoxy groups -OCH3 is 1. The molecule has 11 atom stereocenters. The number of nitrogens with two attached hydrogens (primary N) is 1. The minimum Gasteiger partial charge on any atom is -0.469 e. The molecule has 204 valence electrons. The van der Waals surface area contributed by atoms with Crippen LogP contribution in [0, 0.1) is 46.3 Å². The van der Waals surface area contributed by atoms with Crippen molar-refractivity contribution in [3.05, 3.63) is 0 Å². The van der Waals surface area contributed by atoms with Crippen LogP contribution in [0.3, 0.4) is 0 Å². The number of hydrogen-bond acceptors (Lipinski definition) is 7. The lowest BCUT2D eigenvalue weighted by Gasteiger charge is -2.64. The zero-order chi connectivity index (χ0) is 26.4. The van der Waals surface area contributed by atoms with Gasteiger partial charge in [0.1, 0.15) is 12.2 Å². The molecular weight excluding hydrogens is 458 g/mol. The van der Waals surface area contributed by atoms with E-state index >= 15 is 0 Å². The van der Waals surface area contributed by atoms with Gasteiger partial charge in [-0.3, -0.25) is 14.4 Å². The van der Waals surface area contributed by atoms with Crippen LogP contribution in [0.4, 0.5) is 0 Å². The fourth-order valence-electron chi connectivity index (χ4n) is 9.50. The van der Waals surface area contributed by atoms with Crippen LogP contribution in [0.1, 0.15) is 92.4 Å². The van der Waals surface area contributed by atoms with Gasteiger partial charge in [-0.05, 0) is 86.4 Å². The number of carbonyl (C=O) groups is 3. The van der Waals surface area contributed by atoms with Crippen LogP contribution in [0.5, 0.6) is 0 Å². The average Bonchev–Trinajstić information content (AvgIpc) is 3.16. The van der Waals surface area contributed by atoms with E-state index in [1.54, 1.807) is 0 Å². The van der Waals surface area contributed by atoms with Gasteiger partial charge in [-0.15, -0.1) is 0 Å². The Morgan fingerprint density at radius 3 is 2.31 bits per heavy atom. The molecule has 4 fully saturated rings. The Hall–Kier alpha value is -1.63. The number of fused-ring (bicyclic) bond motifs is 5. The first-order valence-electron chi connectivity index (χ1n) is 14.1. The molecule has 7 heteroatoms. The molecule has 36 heavy (non-hydrogen) atoms. The largest absolute Gasteiger partial charge is 0.469 e. The monoisotopic (exact) mass is 505 g/mol. The predicted molar refractivity (Wildman–Crippen MR) is 135 cm³/mol. The number of ether oxygens (including phenoxy) is 3. The van der Waals surface area contributed by atoms with E-state index in [1.807, 2.05) is 0 Å². The molecule has 2 N–H and O–H groups in total. The summed E-state index contributed by atoms with van der Waals surface area (Å²) in [6, 6.07) is 0.197. The average molecular weight is 506 g/mol. The summed E-state index contributed by atoms with van der Waals surface area (Å²) in [5.74, 6) is 1.26. The summed E-state index contributed by atoms with van der Waals surface area (Å²) < 4.78 is 17.2. The quantitative estimate of drug-likeness (QED) is 0.414. The molecule has 4 saturated carbocycles. The van der Waals surface area contributed by atoms with E-state index in [1.165, 1.54) is 21.0 Å². The molecule has 0 aromatic carbocycles. The van der Waals surface area contributed by atoms with Crippen molar-refractivity contribution in [2.24, 2.45) is 52.1 Å². The van der Waals surface area contributed by atoms with Gasteiger partial charge >= 0.3 is 17.9 Å². The first-order chi connectivity index (χ1) is 16.9. The van der Waals surface area contributed by atoms with Crippen LogP contribution in [-0.4, -0.2) is 43.3 Å². The minimum atomic E-state index is -0.231. The molecule has 4 aliphatic rings. The summed E-state index contributed by atoms with van der Waals surface area (Å²) in [5, 5.41) is 0. The Bertz CT molecular complexity index is 861. The number of esters is 3. The van der Waals surface area contributed by atoms with E-state index in [0.29, 0.717) is 36.0 Å². The van der Waals surface area contributed by atoms with Gasteiger partial charge in [0.05, 0.1) is 7.11 Å². The second-order valence-electron chi connectivity index (χ2n) is 12.9. The highest BCUT2D eigenvalue weighted by Gasteiger charge is 2.67. The van der Waals surface area contributed by atoms with Crippen LogP contribution < -0.4 is 5.73 Å². The Kier molecular flexibility index (Phi) is 7.81. The van der Waals surface area contributed by atoms with E-state index in [4.69, 9.17) is 19.9 Å². The van der Waals surface area contributed by atoms with Gasteiger partial charge in [-0.1, -0.05) is 20.8 Å². The maximum atomic E-state index is 12.4. The summed E-state index contributed by atoms with van der Waals surface area (Å²) >= 11 is 0. The molecule has 0 spiro atoms. The van der Waals surface area contributed by atoms with Gasteiger partial charge in [0.15, 0.2) is 0 Å². The van der Waals surface area contributed by atoms with Crippen LogP contribution >= 0.6 is 0 Å². The van der Waals surface area contributed by atoms with Gasteiger partial charge in [-0.25, -0.2) is 0 Å². The Morgan fingerprint density at radius 2 is 1.67 bits per heavy atom. The molecule has 4 rings (SSSR count). The molecule has 0 heterocycles. The third-order valence-electron chi connectivity index (χ3n) is 11.2. The van der Waals surface area contributed by atoms with Crippen molar-refractivity contribution in [3.8, 4) is 0 Å². The molecule has 2 unspecified atom stereocenters. The van der Waals surface area contributed by atoms with Crippen LogP contribution in [0.15, 0.2) is 0 Å². The highest BCUT2D eigenvalue weighted by Crippen LogP contribution is 2.69. The standard InChI is InChI=1S/C29H47NO6/c1-16(7-10-26(33)34-6)21-8-9-22-27-23(15-25(29(21,22)5)36-18(3)32)28(4)12-11-20(30)13-19(28)14-24(27)35-17(2)31/h16,19-25,27H,7-15,30H2,1-6H3/t16-,19+,20+,21-,22+,23?,24-,25+,27?,28+,29-/m1/s1. The molecule has 0 saturated heterocycles. The van der Waals surface area contributed by atoms with E-state index in [0.717, 1.165) is 51.4 Å². The van der Waals surface area contributed by atoms with Crippen LogP contribution in [0.25, 0.3) is 0 Å². The van der Waals surface area contributed by atoms with Gasteiger partial charge < -0.3 is 19.9 Å². The summed E-state index contributed by atoms with van der Waals surface area (Å²) in [6.07, 6.45) is 7.63. The highest BCUT2D eigenvalue weighted by atomic mass is 16.5. The van der Waals surface area contributed by atoms with Crippen molar-refractivity contribution in [3.63, 3.8) is 0 Å². The fraction of sp³-hybridized carbons (Fsp3) is 0.897. The zero-order valence-corrected chi connectivity index (χ0v) is 23.1. The topological polar surface area (TPSA) is 105 Å². The smallest absolute Gasteiger partial charge is 0.305 e. The van der Waals surface area contributed by atoms with Crippen LogP contribution in [-0.2, 0) is 28.6 Å². The lowest BCUT2D eigenvalue weighted by atomic mass is 9.43. The van der Waals surface area contributed by atoms with E-state index in [-0.39, 0.29) is 52.9 Å². The fourth-order valence-corrected chi connectivity index (χ4v) is 9.50. The zero-order valence-electron chi connectivity index (χ0n) is 23.1. The second-order valence-corrected chi connectivity index (χ2v) is 12.9. The van der Waals surface area contributed by atoms with Crippen molar-refractivity contribution >= 4 is 17.9 Å². The van der Waals surface area contributed by atoms with Crippen LogP contribution in [0.2, 0.25) is 0 Å². The molecule has 0 radical (unpaired) electrons. The Morgan fingerprint density at radius 1 is 0.972 bits per heavy atom. The summed E-state index contributed by atoms with van der Waals surface area (Å²) in [5.41, 5.74) is 6.29. The number of rotatable bonds is 6. The molecular formula is C29H47NO6. The normalized spacial score (nSPS) is 44.4. The molecule has 0 bridgehead atoms. The number of carbonyl (C=O) groups excluding carboxylic acids is 3. The molecule has 0 amide bonds. The lowest BCUT2D eigenvalue weighted by molar-refractivity contribution is -0.220. The van der Waals surface area contributed by atoms with E-state index in [2.05, 4.69) is 20.8 Å². The second kappa shape index (κ2) is 10.3. The molecule has 4 aliphatic carbocycles. The number of hydrogen-bond donors (Lipinski definition) is 1. The summed E-state index contributed by atoms with van der Waals surface area (Å²) in [7, 11) is 1.43.